The molecule has 0 atom stereocenters. The molecule has 4 heterocycles. The highest BCUT2D eigenvalue weighted by molar-refractivity contribution is 6.02. The Morgan fingerprint density at radius 3 is 1.68 bits per heavy atom. The number of hydrogen-bond donors (Lipinski definition) is 0. The van der Waals surface area contributed by atoms with Crippen molar-refractivity contribution in [2.75, 3.05) is 0 Å². The molecular weight excluding hydrogens is 292 g/mol. The van der Waals surface area contributed by atoms with Crippen molar-refractivity contribution < 1.29 is 22.5 Å². The van der Waals surface area contributed by atoms with Crippen molar-refractivity contribution in [1.82, 2.24) is 20.4 Å². The lowest BCUT2D eigenvalue weighted by Gasteiger charge is -1.88. The first-order valence-corrected chi connectivity index (χ1v) is 6.11. The molecule has 0 radical (unpaired) electrons. The smallest absolute Gasteiger partial charge is 0.306 e. The lowest BCUT2D eigenvalue weighted by atomic mass is 10.4. The van der Waals surface area contributed by atoms with Gasteiger partial charge in [0, 0.05) is 0 Å². The van der Waals surface area contributed by atoms with E-state index in [-0.39, 0.29) is 23.6 Å². The average Bonchev–Trinajstić information content (AvgIpc) is 3.35. The highest BCUT2D eigenvalue weighted by Gasteiger charge is 2.25. The molecule has 0 spiro atoms. The minimum absolute atomic E-state index is 0.0825. The zero-order valence-electron chi connectivity index (χ0n) is 10.8. The summed E-state index contributed by atoms with van der Waals surface area (Å²) in [5.41, 5.74) is 0. The van der Waals surface area contributed by atoms with Crippen LogP contribution in [0.1, 0.15) is 16.6 Å². The van der Waals surface area contributed by atoms with Crippen molar-refractivity contribution in [3.8, 4) is 23.3 Å². The molecule has 0 aliphatic carbocycles. The Bertz CT molecular complexity index is 830. The van der Waals surface area contributed by atoms with Crippen molar-refractivity contribution in [2.45, 2.75) is 0 Å². The summed E-state index contributed by atoms with van der Waals surface area (Å²) in [6.07, 6.45) is 2.91. The van der Waals surface area contributed by atoms with Gasteiger partial charge in [-0.3, -0.25) is 4.79 Å². The monoisotopic (exact) mass is 298 g/mol. The molecule has 0 bridgehead atoms. The van der Waals surface area contributed by atoms with Crippen molar-refractivity contribution in [3.05, 3.63) is 48.6 Å². The fraction of sp³-hybridized carbons (Fsp3) is 0. The Hall–Kier alpha value is -3.49. The number of ketones is 1. The number of carbonyl (C=O) groups is 1. The van der Waals surface area contributed by atoms with Crippen LogP contribution in [0.3, 0.4) is 0 Å². The quantitative estimate of drug-likeness (QED) is 0.522. The van der Waals surface area contributed by atoms with Crippen LogP contribution in [-0.2, 0) is 0 Å². The Morgan fingerprint density at radius 2 is 1.27 bits per heavy atom. The molecule has 4 rings (SSSR count). The first-order valence-electron chi connectivity index (χ1n) is 6.11. The van der Waals surface area contributed by atoms with Gasteiger partial charge in [0.05, 0.1) is 12.5 Å². The van der Waals surface area contributed by atoms with Crippen LogP contribution in [0.25, 0.3) is 23.3 Å². The standard InChI is InChI=1S/C13H6N4O5/c18-9(12-16-14-10(21-12)7-3-1-5-19-7)13-17-15-11(22-13)8-4-2-6-20-8/h1-6H. The summed E-state index contributed by atoms with van der Waals surface area (Å²) in [5, 5.41) is 14.7. The van der Waals surface area contributed by atoms with E-state index in [1.807, 2.05) is 0 Å². The zero-order chi connectivity index (χ0) is 14.9. The number of carbonyl (C=O) groups excluding carboxylic acids is 1. The maximum absolute atomic E-state index is 12.2. The van der Waals surface area contributed by atoms with Gasteiger partial charge >= 0.3 is 5.78 Å². The van der Waals surface area contributed by atoms with Gasteiger partial charge in [0.15, 0.2) is 11.5 Å². The summed E-state index contributed by atoms with van der Waals surface area (Å²) in [6, 6.07) is 6.58. The molecule has 0 N–H and O–H groups in total. The third kappa shape index (κ3) is 2.00. The summed E-state index contributed by atoms with van der Waals surface area (Å²) in [7, 11) is 0. The molecule has 4 aromatic heterocycles. The normalized spacial score (nSPS) is 10.9. The first-order chi connectivity index (χ1) is 10.8. The minimum Gasteiger partial charge on any atom is -0.459 e. The fourth-order valence-corrected chi connectivity index (χ4v) is 1.72. The van der Waals surface area contributed by atoms with Crippen LogP contribution in [0.15, 0.2) is 54.5 Å². The first kappa shape index (κ1) is 12.3. The summed E-state index contributed by atoms with van der Waals surface area (Å²) >= 11 is 0. The van der Waals surface area contributed by atoms with Crippen LogP contribution in [0.4, 0.5) is 0 Å². The molecule has 0 fully saturated rings. The van der Waals surface area contributed by atoms with Gasteiger partial charge in [0.1, 0.15) is 0 Å². The van der Waals surface area contributed by atoms with Crippen LogP contribution in [0, 0.1) is 0 Å². The summed E-state index contributed by atoms with van der Waals surface area (Å²) in [5.74, 6) is -0.363. The van der Waals surface area contributed by atoms with E-state index in [9.17, 15) is 4.79 Å². The number of hydrogen-bond acceptors (Lipinski definition) is 9. The van der Waals surface area contributed by atoms with E-state index < -0.39 is 5.78 Å². The van der Waals surface area contributed by atoms with Gasteiger partial charge in [-0.1, -0.05) is 0 Å². The number of aromatic nitrogens is 4. The van der Waals surface area contributed by atoms with Gasteiger partial charge in [-0.15, -0.1) is 20.4 Å². The van der Waals surface area contributed by atoms with Crippen molar-refractivity contribution in [2.24, 2.45) is 0 Å². The Balaban J connectivity index is 1.62. The Labute approximate surface area is 121 Å². The van der Waals surface area contributed by atoms with E-state index >= 15 is 0 Å². The lowest BCUT2D eigenvalue weighted by molar-refractivity contribution is 0.0971. The van der Waals surface area contributed by atoms with Gasteiger partial charge in [-0.25, -0.2) is 0 Å². The Morgan fingerprint density at radius 1 is 0.773 bits per heavy atom. The average molecular weight is 298 g/mol. The summed E-state index contributed by atoms with van der Waals surface area (Å²) < 4.78 is 20.7. The Kier molecular flexibility index (Phi) is 2.68. The van der Waals surface area contributed by atoms with E-state index in [1.54, 1.807) is 24.3 Å². The highest BCUT2D eigenvalue weighted by atomic mass is 16.4. The molecule has 0 aromatic carbocycles. The molecule has 4 aromatic rings. The lowest BCUT2D eigenvalue weighted by Crippen LogP contribution is -2.02. The van der Waals surface area contributed by atoms with Crippen molar-refractivity contribution >= 4 is 5.78 Å². The number of nitrogens with zero attached hydrogens (tertiary/aromatic N) is 4. The molecule has 0 aliphatic rings. The molecule has 9 nitrogen and oxygen atoms in total. The summed E-state index contributed by atoms with van der Waals surface area (Å²) in [4.78, 5) is 12.2. The van der Waals surface area contributed by atoms with Crippen LogP contribution < -0.4 is 0 Å². The SMILES string of the molecule is O=C(c1nnc(-c2ccco2)o1)c1nnc(-c2ccco2)o1. The third-order valence-electron chi connectivity index (χ3n) is 2.70. The van der Waals surface area contributed by atoms with Crippen LogP contribution in [0.5, 0.6) is 0 Å². The van der Waals surface area contributed by atoms with E-state index in [2.05, 4.69) is 20.4 Å². The van der Waals surface area contributed by atoms with E-state index in [0.717, 1.165) is 0 Å². The fourth-order valence-electron chi connectivity index (χ4n) is 1.72. The molecule has 22 heavy (non-hydrogen) atoms. The molecule has 0 saturated carbocycles. The highest BCUT2D eigenvalue weighted by Crippen LogP contribution is 2.21. The van der Waals surface area contributed by atoms with Crippen LogP contribution in [0.2, 0.25) is 0 Å². The minimum atomic E-state index is -0.685. The van der Waals surface area contributed by atoms with E-state index in [0.29, 0.717) is 11.5 Å². The van der Waals surface area contributed by atoms with Crippen LogP contribution >= 0.6 is 0 Å². The third-order valence-corrected chi connectivity index (χ3v) is 2.70. The van der Waals surface area contributed by atoms with E-state index in [1.165, 1.54) is 12.5 Å². The van der Waals surface area contributed by atoms with Gasteiger partial charge in [-0.05, 0) is 24.3 Å². The maximum Gasteiger partial charge on any atom is 0.306 e. The number of rotatable bonds is 4. The van der Waals surface area contributed by atoms with Crippen molar-refractivity contribution in [3.63, 3.8) is 0 Å². The predicted molar refractivity (Wildman–Crippen MR) is 67.4 cm³/mol. The van der Waals surface area contributed by atoms with Crippen LogP contribution in [-0.4, -0.2) is 26.2 Å². The molecule has 0 amide bonds. The van der Waals surface area contributed by atoms with Gasteiger partial charge in [0.25, 0.3) is 23.6 Å². The van der Waals surface area contributed by atoms with Gasteiger partial charge in [0.2, 0.25) is 0 Å². The topological polar surface area (TPSA) is 121 Å². The second-order valence-electron chi connectivity index (χ2n) is 4.11. The second kappa shape index (κ2) is 4.81. The molecule has 0 aliphatic heterocycles. The zero-order valence-corrected chi connectivity index (χ0v) is 10.8. The largest absolute Gasteiger partial charge is 0.459 e. The van der Waals surface area contributed by atoms with Gasteiger partial charge in [-0.2, -0.15) is 0 Å². The van der Waals surface area contributed by atoms with Gasteiger partial charge < -0.3 is 17.7 Å². The number of furan rings is 2. The van der Waals surface area contributed by atoms with E-state index in [4.69, 9.17) is 17.7 Å². The molecule has 9 heteroatoms. The molecule has 0 saturated heterocycles. The maximum atomic E-state index is 12.2. The second-order valence-corrected chi connectivity index (χ2v) is 4.11. The molecule has 0 unspecified atom stereocenters. The summed E-state index contributed by atoms with van der Waals surface area (Å²) in [6.45, 7) is 0. The molecular formula is C13H6N4O5. The van der Waals surface area contributed by atoms with Crippen molar-refractivity contribution in [1.29, 1.82) is 0 Å². The predicted octanol–water partition coefficient (Wildman–Crippen LogP) is 2.20. The molecule has 108 valence electrons.